The second-order valence-corrected chi connectivity index (χ2v) is 8.17. The predicted molar refractivity (Wildman–Crippen MR) is 130 cm³/mol. The first-order valence-electron chi connectivity index (χ1n) is 11.8. The minimum Gasteiger partial charge on any atom is -0.492 e. The van der Waals surface area contributed by atoms with E-state index in [1.54, 1.807) is 20.4 Å². The summed E-state index contributed by atoms with van der Waals surface area (Å²) in [7, 11) is 3.17. The minimum atomic E-state index is -0.316. The van der Waals surface area contributed by atoms with Crippen molar-refractivity contribution in [3.05, 3.63) is 52.4 Å². The molecule has 1 aliphatic heterocycles. The molecule has 0 bridgehead atoms. The van der Waals surface area contributed by atoms with Crippen molar-refractivity contribution in [2.45, 2.75) is 52.4 Å². The Labute approximate surface area is 202 Å². The first-order valence-corrected chi connectivity index (χ1v) is 11.8. The van der Waals surface area contributed by atoms with E-state index in [9.17, 15) is 4.79 Å². The second kappa shape index (κ2) is 13.0. The smallest absolute Gasteiger partial charge is 0.334 e. The average Bonchev–Trinajstić information content (AvgIpc) is 3.34. The third kappa shape index (κ3) is 6.29. The Bertz CT molecular complexity index is 987. The molecule has 1 aromatic carbocycles. The number of benzene rings is 1. The molecule has 0 amide bonds. The van der Waals surface area contributed by atoms with E-state index >= 15 is 0 Å². The van der Waals surface area contributed by atoms with Crippen LogP contribution in [-0.4, -0.2) is 45.2 Å². The van der Waals surface area contributed by atoms with Gasteiger partial charge in [0.2, 0.25) is 0 Å². The molecule has 7 nitrogen and oxygen atoms in total. The first-order chi connectivity index (χ1) is 16.6. The van der Waals surface area contributed by atoms with Crippen LogP contribution in [0.3, 0.4) is 0 Å². The Morgan fingerprint density at radius 2 is 2.06 bits per heavy atom. The highest BCUT2D eigenvalue weighted by Crippen LogP contribution is 2.47. The molecular weight excluding hydrogens is 434 g/mol. The highest BCUT2D eigenvalue weighted by molar-refractivity contribution is 5.95. The van der Waals surface area contributed by atoms with Gasteiger partial charge >= 0.3 is 5.97 Å². The standard InChI is InChI=1S/C27H35NO6/c1-5-32-27(29)21(12-8-6-7-10-20-11-9-14-28-17-20)16-23-25-22(13-15-33-25)19(2)24(26(23)31-4)34-18-30-3/h9,11,14,16-17H,5-8,10,12-13,15,18H2,1-4H3/b21-16+. The molecule has 3 rings (SSSR count). The van der Waals surface area contributed by atoms with Gasteiger partial charge in [-0.15, -0.1) is 0 Å². The molecule has 0 N–H and O–H groups in total. The largest absolute Gasteiger partial charge is 0.492 e. The van der Waals surface area contributed by atoms with Crippen LogP contribution in [0.4, 0.5) is 0 Å². The number of pyridine rings is 1. The van der Waals surface area contributed by atoms with Gasteiger partial charge in [-0.2, -0.15) is 0 Å². The van der Waals surface area contributed by atoms with E-state index in [0.29, 0.717) is 42.3 Å². The molecule has 184 valence electrons. The summed E-state index contributed by atoms with van der Waals surface area (Å²) in [5.41, 5.74) is 4.57. The maximum absolute atomic E-state index is 12.8. The summed E-state index contributed by atoms with van der Waals surface area (Å²) >= 11 is 0. The zero-order chi connectivity index (χ0) is 24.3. The number of nitrogens with zero attached hydrogens (tertiary/aromatic N) is 1. The molecule has 2 aromatic rings. The van der Waals surface area contributed by atoms with Gasteiger partial charge in [-0.25, -0.2) is 4.79 Å². The predicted octanol–water partition coefficient (Wildman–Crippen LogP) is 5.07. The molecule has 0 radical (unpaired) electrons. The summed E-state index contributed by atoms with van der Waals surface area (Å²) in [6, 6.07) is 4.04. The lowest BCUT2D eigenvalue weighted by atomic mass is 9.96. The molecule has 0 saturated heterocycles. The van der Waals surface area contributed by atoms with Crippen molar-refractivity contribution in [2.24, 2.45) is 0 Å². The molecular formula is C27H35NO6. The van der Waals surface area contributed by atoms with Gasteiger partial charge in [-0.05, 0) is 57.2 Å². The number of aromatic nitrogens is 1. The summed E-state index contributed by atoms with van der Waals surface area (Å²) in [6.07, 6.45) is 10.8. The van der Waals surface area contributed by atoms with E-state index in [2.05, 4.69) is 11.1 Å². The number of ether oxygens (including phenoxy) is 5. The fraction of sp³-hybridized carbons (Fsp3) is 0.481. The number of rotatable bonds is 13. The van der Waals surface area contributed by atoms with Crippen molar-refractivity contribution in [1.29, 1.82) is 0 Å². The summed E-state index contributed by atoms with van der Waals surface area (Å²) in [6.45, 7) is 4.80. The molecule has 34 heavy (non-hydrogen) atoms. The monoisotopic (exact) mass is 469 g/mol. The summed E-state index contributed by atoms with van der Waals surface area (Å²) in [5, 5.41) is 0. The summed E-state index contributed by atoms with van der Waals surface area (Å²) in [5.74, 6) is 1.58. The van der Waals surface area contributed by atoms with Crippen LogP contribution in [0.5, 0.6) is 17.2 Å². The SMILES string of the molecule is CCOC(=O)/C(=C/c1c2c(c(C)c(OCOC)c1OC)CCO2)CCCCCc1cccnc1. The Morgan fingerprint density at radius 1 is 1.21 bits per heavy atom. The van der Waals surface area contributed by atoms with Gasteiger partial charge in [-0.1, -0.05) is 12.5 Å². The third-order valence-corrected chi connectivity index (χ3v) is 5.88. The number of fused-ring (bicyclic) bond motifs is 1. The molecule has 0 saturated carbocycles. The van der Waals surface area contributed by atoms with Crippen molar-refractivity contribution in [3.63, 3.8) is 0 Å². The normalized spacial score (nSPS) is 12.8. The number of hydrogen-bond acceptors (Lipinski definition) is 7. The van der Waals surface area contributed by atoms with Gasteiger partial charge in [0.25, 0.3) is 0 Å². The lowest BCUT2D eigenvalue weighted by molar-refractivity contribution is -0.138. The zero-order valence-electron chi connectivity index (χ0n) is 20.6. The molecule has 1 aliphatic rings. The van der Waals surface area contributed by atoms with E-state index < -0.39 is 0 Å². The highest BCUT2D eigenvalue weighted by Gasteiger charge is 2.28. The van der Waals surface area contributed by atoms with Crippen LogP contribution in [-0.2, 0) is 27.1 Å². The highest BCUT2D eigenvalue weighted by atomic mass is 16.7. The van der Waals surface area contributed by atoms with E-state index in [4.69, 9.17) is 23.7 Å². The van der Waals surface area contributed by atoms with Crippen LogP contribution >= 0.6 is 0 Å². The lowest BCUT2D eigenvalue weighted by Gasteiger charge is -2.19. The Kier molecular flexibility index (Phi) is 9.76. The quantitative estimate of drug-likeness (QED) is 0.176. The fourth-order valence-electron chi connectivity index (χ4n) is 4.21. The molecule has 0 spiro atoms. The number of esters is 1. The van der Waals surface area contributed by atoms with Gasteiger partial charge in [0.1, 0.15) is 5.75 Å². The van der Waals surface area contributed by atoms with E-state index in [1.165, 1.54) is 5.56 Å². The maximum atomic E-state index is 12.8. The molecule has 0 atom stereocenters. The van der Waals surface area contributed by atoms with Crippen molar-refractivity contribution in [2.75, 3.05) is 34.2 Å². The van der Waals surface area contributed by atoms with E-state index in [0.717, 1.165) is 49.0 Å². The van der Waals surface area contributed by atoms with Gasteiger partial charge in [0.05, 0.1) is 25.9 Å². The number of unbranched alkanes of at least 4 members (excludes halogenated alkanes) is 2. The Morgan fingerprint density at radius 3 is 2.76 bits per heavy atom. The van der Waals surface area contributed by atoms with Crippen molar-refractivity contribution >= 4 is 12.0 Å². The van der Waals surface area contributed by atoms with Gasteiger partial charge in [0.15, 0.2) is 18.3 Å². The van der Waals surface area contributed by atoms with Crippen LogP contribution in [0.25, 0.3) is 6.08 Å². The fourth-order valence-corrected chi connectivity index (χ4v) is 4.21. The maximum Gasteiger partial charge on any atom is 0.334 e. The number of methoxy groups -OCH3 is 2. The zero-order valence-corrected chi connectivity index (χ0v) is 20.6. The molecule has 0 fully saturated rings. The van der Waals surface area contributed by atoms with Crippen molar-refractivity contribution in [1.82, 2.24) is 4.98 Å². The van der Waals surface area contributed by atoms with Crippen LogP contribution < -0.4 is 14.2 Å². The summed E-state index contributed by atoms with van der Waals surface area (Å²) < 4.78 is 28.1. The second-order valence-electron chi connectivity index (χ2n) is 8.17. The molecule has 7 heteroatoms. The third-order valence-electron chi connectivity index (χ3n) is 5.88. The first kappa shape index (κ1) is 25.6. The molecule has 1 aromatic heterocycles. The van der Waals surface area contributed by atoms with Gasteiger partial charge in [-0.3, -0.25) is 4.98 Å². The topological polar surface area (TPSA) is 76.1 Å². The number of carbonyl (C=O) groups excluding carboxylic acids is 1. The van der Waals surface area contributed by atoms with E-state index in [-0.39, 0.29) is 12.8 Å². The van der Waals surface area contributed by atoms with Crippen molar-refractivity contribution in [3.8, 4) is 17.2 Å². The molecule has 2 heterocycles. The van der Waals surface area contributed by atoms with Crippen LogP contribution in [0, 0.1) is 6.92 Å². The summed E-state index contributed by atoms with van der Waals surface area (Å²) in [4.78, 5) is 17.0. The average molecular weight is 470 g/mol. The minimum absolute atomic E-state index is 0.0989. The number of aryl methyl sites for hydroxylation is 1. The van der Waals surface area contributed by atoms with Crippen molar-refractivity contribution < 1.29 is 28.5 Å². The molecule has 0 aliphatic carbocycles. The van der Waals surface area contributed by atoms with E-state index in [1.807, 2.05) is 32.2 Å². The number of carbonyl (C=O) groups is 1. The molecule has 0 unspecified atom stereocenters. The van der Waals surface area contributed by atoms with Gasteiger partial charge < -0.3 is 23.7 Å². The Hall–Kier alpha value is -3.06. The van der Waals surface area contributed by atoms with Crippen LogP contribution in [0.2, 0.25) is 0 Å². The lowest BCUT2D eigenvalue weighted by Crippen LogP contribution is -2.09. The number of hydrogen-bond donors (Lipinski definition) is 0. The van der Waals surface area contributed by atoms with Gasteiger partial charge in [0, 0.05) is 42.6 Å². The van der Waals surface area contributed by atoms with Crippen LogP contribution in [0.15, 0.2) is 30.1 Å². The van der Waals surface area contributed by atoms with Crippen LogP contribution in [0.1, 0.15) is 54.9 Å². The Balaban J connectivity index is 1.85.